The smallest absolute Gasteiger partial charge is 0.252 e. The number of benzene rings is 9. The van der Waals surface area contributed by atoms with Gasteiger partial charge in [0.15, 0.2) is 0 Å². The molecule has 0 atom stereocenters. The number of fused-ring (bicyclic) bond motifs is 9. The Morgan fingerprint density at radius 1 is 0.371 bits per heavy atom. The largest absolute Gasteiger partial charge is 0.310 e. The molecule has 3 nitrogen and oxygen atoms in total. The van der Waals surface area contributed by atoms with E-state index in [0.29, 0.717) is 0 Å². The first-order valence-electron chi connectivity index (χ1n) is 22.1. The first-order valence-corrected chi connectivity index (χ1v) is 22.1. The van der Waals surface area contributed by atoms with Crippen LogP contribution in [-0.2, 0) is 10.8 Å². The summed E-state index contributed by atoms with van der Waals surface area (Å²) in [5.41, 5.74) is 17.2. The van der Waals surface area contributed by atoms with E-state index < -0.39 is 0 Å². The zero-order valence-electron chi connectivity index (χ0n) is 36.2. The quantitative estimate of drug-likeness (QED) is 0.165. The first kappa shape index (κ1) is 36.8. The minimum atomic E-state index is -0.140. The van der Waals surface area contributed by atoms with Crippen LogP contribution in [-0.4, -0.2) is 11.3 Å². The molecule has 9 aromatic carbocycles. The van der Waals surface area contributed by atoms with Crippen molar-refractivity contribution in [3.8, 4) is 5.69 Å². The van der Waals surface area contributed by atoms with Crippen molar-refractivity contribution in [1.29, 1.82) is 0 Å². The second-order valence-electron chi connectivity index (χ2n) is 19.4. The lowest BCUT2D eigenvalue weighted by Crippen LogP contribution is -2.61. The highest BCUT2D eigenvalue weighted by Gasteiger charge is 2.45. The van der Waals surface area contributed by atoms with Crippen LogP contribution in [0, 0.1) is 0 Å². The molecule has 4 heteroatoms. The van der Waals surface area contributed by atoms with Crippen LogP contribution >= 0.6 is 0 Å². The van der Waals surface area contributed by atoms with Crippen molar-refractivity contribution < 1.29 is 0 Å². The van der Waals surface area contributed by atoms with Gasteiger partial charge in [-0.2, -0.15) is 0 Å². The Balaban J connectivity index is 1.30. The number of nitrogens with zero attached hydrogens (tertiary/aromatic N) is 3. The molecule has 62 heavy (non-hydrogen) atoms. The van der Waals surface area contributed by atoms with Crippen molar-refractivity contribution in [2.45, 2.75) is 52.4 Å². The molecule has 0 amide bonds. The van der Waals surface area contributed by atoms with Crippen molar-refractivity contribution in [1.82, 2.24) is 4.57 Å². The minimum absolute atomic E-state index is 0.00762. The summed E-state index contributed by atoms with van der Waals surface area (Å²) in [6.07, 6.45) is 0. The summed E-state index contributed by atoms with van der Waals surface area (Å²) in [5.74, 6) is 0. The number of hydrogen-bond donors (Lipinski definition) is 0. The standard InChI is InChI=1S/C58H48BN3/c1-57(2,3)44-33-31-37-19-7-9-21-40(37)55(44)61-50-29-17-13-25-46(50)59-47-26-14-18-30-51(47)62(56-41-22-10-8-20-38(41)32-34-45(56)58(4,5)6)53-36-39(35-52(61)54(53)59)60-48-27-15-11-23-42(48)43-24-12-16-28-49(43)60/h7-36H,1-6H3. The average Bonchev–Trinajstić information content (AvgIpc) is 3.62. The molecular weight excluding hydrogens is 749 g/mol. The van der Waals surface area contributed by atoms with E-state index in [1.807, 2.05) is 0 Å². The maximum Gasteiger partial charge on any atom is 0.252 e. The number of para-hydroxylation sites is 4. The maximum atomic E-state index is 2.64. The van der Waals surface area contributed by atoms with Gasteiger partial charge in [-0.3, -0.25) is 0 Å². The minimum Gasteiger partial charge on any atom is -0.310 e. The third-order valence-electron chi connectivity index (χ3n) is 13.6. The fourth-order valence-corrected chi connectivity index (χ4v) is 10.9. The second kappa shape index (κ2) is 13.2. The zero-order chi connectivity index (χ0) is 42.1. The molecule has 0 spiro atoms. The normalized spacial score (nSPS) is 13.5. The SMILES string of the molecule is CC(C)(C)c1ccc2ccccc2c1N1c2ccccc2B2c3ccccc3N(c3c(C(C)(C)C)ccc4ccccc34)c3cc(-n4c5ccccc5c5ccccc54)cc1c32. The van der Waals surface area contributed by atoms with Crippen LogP contribution in [0.2, 0.25) is 0 Å². The Bertz CT molecular complexity index is 3250. The van der Waals surface area contributed by atoms with Gasteiger partial charge in [-0.25, -0.2) is 0 Å². The van der Waals surface area contributed by atoms with Crippen LogP contribution in [0.5, 0.6) is 0 Å². The van der Waals surface area contributed by atoms with Crippen LogP contribution in [0.15, 0.2) is 182 Å². The fraction of sp³-hybridized carbons (Fsp3) is 0.138. The second-order valence-corrected chi connectivity index (χ2v) is 19.4. The van der Waals surface area contributed by atoms with Crippen LogP contribution in [0.3, 0.4) is 0 Å². The van der Waals surface area contributed by atoms with Gasteiger partial charge in [0.2, 0.25) is 0 Å². The molecule has 0 fully saturated rings. The molecule has 10 aromatic rings. The summed E-state index contributed by atoms with van der Waals surface area (Å²) in [5, 5.41) is 7.48. The highest BCUT2D eigenvalue weighted by atomic mass is 15.2. The molecule has 0 unspecified atom stereocenters. The predicted octanol–water partition coefficient (Wildman–Crippen LogP) is 13.8. The van der Waals surface area contributed by atoms with Gasteiger partial charge in [-0.1, -0.05) is 187 Å². The Morgan fingerprint density at radius 2 is 0.758 bits per heavy atom. The van der Waals surface area contributed by atoms with Crippen molar-refractivity contribution in [3.05, 3.63) is 193 Å². The number of hydrogen-bond acceptors (Lipinski definition) is 2. The molecule has 0 N–H and O–H groups in total. The zero-order valence-corrected chi connectivity index (χ0v) is 36.2. The molecular formula is C58H48BN3. The fourth-order valence-electron chi connectivity index (χ4n) is 10.9. The van der Waals surface area contributed by atoms with Gasteiger partial charge in [-0.15, -0.1) is 0 Å². The molecule has 1 aromatic heterocycles. The topological polar surface area (TPSA) is 11.4 Å². The lowest BCUT2D eigenvalue weighted by Gasteiger charge is -2.46. The van der Waals surface area contributed by atoms with E-state index in [-0.39, 0.29) is 17.5 Å². The van der Waals surface area contributed by atoms with Gasteiger partial charge in [0.1, 0.15) is 0 Å². The van der Waals surface area contributed by atoms with Gasteiger partial charge in [-0.05, 0) is 85.5 Å². The van der Waals surface area contributed by atoms with E-state index in [9.17, 15) is 0 Å². The Labute approximate surface area is 364 Å². The van der Waals surface area contributed by atoms with Crippen LogP contribution in [0.1, 0.15) is 52.7 Å². The molecule has 298 valence electrons. The van der Waals surface area contributed by atoms with Crippen molar-refractivity contribution >= 4 is 101 Å². The molecule has 0 saturated carbocycles. The molecule has 2 aliphatic heterocycles. The molecule has 3 heterocycles. The summed E-state index contributed by atoms with van der Waals surface area (Å²) in [7, 11) is 0. The van der Waals surface area contributed by atoms with E-state index >= 15 is 0 Å². The number of aromatic nitrogens is 1. The maximum absolute atomic E-state index is 2.64. The lowest BCUT2D eigenvalue weighted by atomic mass is 9.33. The van der Waals surface area contributed by atoms with Gasteiger partial charge in [0.25, 0.3) is 6.71 Å². The highest BCUT2D eigenvalue weighted by molar-refractivity contribution is 7.00. The Kier molecular flexibility index (Phi) is 7.85. The van der Waals surface area contributed by atoms with E-state index in [1.54, 1.807) is 0 Å². The summed E-state index contributed by atoms with van der Waals surface area (Å²) in [6, 6.07) is 68.5. The van der Waals surface area contributed by atoms with Crippen molar-refractivity contribution in [3.63, 3.8) is 0 Å². The molecule has 0 aliphatic carbocycles. The number of anilines is 6. The van der Waals surface area contributed by atoms with E-state index in [0.717, 1.165) is 5.69 Å². The average molecular weight is 798 g/mol. The Morgan fingerprint density at radius 3 is 1.21 bits per heavy atom. The summed E-state index contributed by atoms with van der Waals surface area (Å²) >= 11 is 0. The summed E-state index contributed by atoms with van der Waals surface area (Å²) in [4.78, 5) is 5.29. The van der Waals surface area contributed by atoms with E-state index in [4.69, 9.17) is 0 Å². The van der Waals surface area contributed by atoms with Gasteiger partial charge < -0.3 is 14.4 Å². The van der Waals surface area contributed by atoms with Crippen LogP contribution in [0.25, 0.3) is 49.0 Å². The molecule has 0 bridgehead atoms. The van der Waals surface area contributed by atoms with Gasteiger partial charge >= 0.3 is 0 Å². The third kappa shape index (κ3) is 5.26. The number of rotatable bonds is 3. The highest BCUT2D eigenvalue weighted by Crippen LogP contribution is 2.52. The lowest BCUT2D eigenvalue weighted by molar-refractivity contribution is 0.591. The monoisotopic (exact) mass is 797 g/mol. The van der Waals surface area contributed by atoms with Crippen molar-refractivity contribution in [2.75, 3.05) is 9.80 Å². The Hall–Kier alpha value is -7.04. The summed E-state index contributed by atoms with van der Waals surface area (Å²) in [6.45, 7) is 14.1. The molecule has 2 aliphatic rings. The third-order valence-corrected chi connectivity index (χ3v) is 13.6. The molecule has 0 saturated heterocycles. The first-order chi connectivity index (χ1) is 30.1. The van der Waals surface area contributed by atoms with E-state index in [1.165, 1.54) is 105 Å². The summed E-state index contributed by atoms with van der Waals surface area (Å²) < 4.78 is 2.51. The van der Waals surface area contributed by atoms with Crippen LogP contribution in [0.4, 0.5) is 34.1 Å². The molecule has 0 radical (unpaired) electrons. The molecule has 12 rings (SSSR count). The van der Waals surface area contributed by atoms with Gasteiger partial charge in [0.05, 0.1) is 28.1 Å². The van der Waals surface area contributed by atoms with Crippen molar-refractivity contribution in [2.24, 2.45) is 0 Å². The van der Waals surface area contributed by atoms with Crippen LogP contribution < -0.4 is 26.2 Å². The van der Waals surface area contributed by atoms with E-state index in [2.05, 4.69) is 238 Å². The van der Waals surface area contributed by atoms with Gasteiger partial charge in [0, 0.05) is 44.3 Å². The predicted molar refractivity (Wildman–Crippen MR) is 267 cm³/mol.